The second kappa shape index (κ2) is 10.5. The molecule has 0 radical (unpaired) electrons. The molecule has 0 bridgehead atoms. The van der Waals surface area contributed by atoms with Crippen LogP contribution in [0.25, 0.3) is 11.1 Å². The van der Waals surface area contributed by atoms with Crippen molar-refractivity contribution in [3.8, 4) is 22.6 Å². The lowest BCUT2D eigenvalue weighted by Crippen LogP contribution is -2.20. The highest BCUT2D eigenvalue weighted by Gasteiger charge is 2.20. The number of nitrogens with zero attached hydrogens (tertiary/aromatic N) is 1. The Hall–Kier alpha value is -4.74. The van der Waals surface area contributed by atoms with Crippen molar-refractivity contribution in [3.05, 3.63) is 102 Å². The summed E-state index contributed by atoms with van der Waals surface area (Å²) >= 11 is -2.62. The molecule has 11 heteroatoms. The summed E-state index contributed by atoms with van der Waals surface area (Å²) < 4.78 is 36.0. The maximum absolute atomic E-state index is 13.3. The molecule has 4 rings (SSSR count). The minimum atomic E-state index is -2.62. The van der Waals surface area contributed by atoms with Crippen LogP contribution in [-0.2, 0) is 11.3 Å². The Kier molecular flexibility index (Phi) is 7.18. The fourth-order valence-electron chi connectivity index (χ4n) is 3.56. The summed E-state index contributed by atoms with van der Waals surface area (Å²) in [5.74, 6) is -3.03. The molecule has 0 heterocycles. The molecular formula is C26H19FN2O7S. The molecule has 1 atom stereocenters. The van der Waals surface area contributed by atoms with Crippen LogP contribution in [0.4, 0.5) is 21.5 Å². The third-order valence-corrected chi connectivity index (χ3v) is 6.10. The van der Waals surface area contributed by atoms with Crippen LogP contribution in [0, 0.1) is 5.82 Å². The Morgan fingerprint density at radius 2 is 1.46 bits per heavy atom. The topological polar surface area (TPSA) is 147 Å². The molecule has 188 valence electrons. The largest absolute Gasteiger partial charge is 0.507 e. The van der Waals surface area contributed by atoms with E-state index in [0.29, 0.717) is 11.1 Å². The van der Waals surface area contributed by atoms with Crippen molar-refractivity contribution in [3.63, 3.8) is 0 Å². The summed E-state index contributed by atoms with van der Waals surface area (Å²) in [6, 6.07) is 19.1. The van der Waals surface area contributed by atoms with Crippen LogP contribution < -0.4 is 9.62 Å². The molecule has 1 amide bonds. The summed E-state index contributed by atoms with van der Waals surface area (Å²) in [6.45, 7) is 0. The number of halogens is 1. The Morgan fingerprint density at radius 3 is 2.05 bits per heavy atom. The standard InChI is InChI=1S/C26H19FN2O7S/c27-18-6-9-20(10-7-18)29(37(35)36)22-14-19(8-12-23(22)30)28-25(32)16-3-1-15(2-4-16)17-5-11-21(26(33)34)24(31)13-17/h1-14,30-31H,(H,28,32)(H,33,34)(H,35,36). The zero-order valence-corrected chi connectivity index (χ0v) is 19.6. The maximum Gasteiger partial charge on any atom is 0.339 e. The molecule has 37 heavy (non-hydrogen) atoms. The molecule has 0 aliphatic heterocycles. The molecule has 0 aliphatic carbocycles. The number of anilines is 3. The van der Waals surface area contributed by atoms with Crippen LogP contribution in [0.15, 0.2) is 84.9 Å². The van der Waals surface area contributed by atoms with E-state index in [1.165, 1.54) is 60.7 Å². The number of phenols is 2. The number of aromatic hydroxyl groups is 2. The van der Waals surface area contributed by atoms with Crippen molar-refractivity contribution < 1.29 is 38.1 Å². The summed E-state index contributed by atoms with van der Waals surface area (Å²) in [5.41, 5.74) is 1.49. The Bertz CT molecular complexity index is 1510. The number of carboxylic acids is 1. The average molecular weight is 523 g/mol. The van der Waals surface area contributed by atoms with Crippen LogP contribution >= 0.6 is 0 Å². The van der Waals surface area contributed by atoms with Gasteiger partial charge in [-0.2, -0.15) is 0 Å². The van der Waals surface area contributed by atoms with Gasteiger partial charge in [-0.1, -0.05) is 18.2 Å². The van der Waals surface area contributed by atoms with E-state index in [-0.39, 0.29) is 39.7 Å². The van der Waals surface area contributed by atoms with Gasteiger partial charge in [-0.3, -0.25) is 9.35 Å². The van der Waals surface area contributed by atoms with E-state index in [0.717, 1.165) is 16.4 Å². The zero-order chi connectivity index (χ0) is 26.7. The van der Waals surface area contributed by atoms with Gasteiger partial charge in [-0.05, 0) is 77.9 Å². The van der Waals surface area contributed by atoms with E-state index in [2.05, 4.69) is 5.32 Å². The number of aromatic carboxylic acids is 1. The molecule has 0 spiro atoms. The van der Waals surface area contributed by atoms with Crippen molar-refractivity contribution in [2.24, 2.45) is 0 Å². The fraction of sp³-hybridized carbons (Fsp3) is 0. The molecule has 9 nitrogen and oxygen atoms in total. The van der Waals surface area contributed by atoms with Crippen LogP contribution in [0.3, 0.4) is 0 Å². The third-order valence-electron chi connectivity index (χ3n) is 5.38. The van der Waals surface area contributed by atoms with Crippen LogP contribution in [0.5, 0.6) is 11.5 Å². The van der Waals surface area contributed by atoms with E-state index < -0.39 is 29.0 Å². The lowest BCUT2D eigenvalue weighted by atomic mass is 10.0. The SMILES string of the molecule is O=C(Nc1ccc(O)c(N(c2ccc(F)cc2)S(=O)O)c1)c1ccc(-c2ccc(C(=O)O)c(O)c2)cc1. The molecule has 0 fully saturated rings. The number of carbonyl (C=O) groups excluding carboxylic acids is 1. The number of benzene rings is 4. The lowest BCUT2D eigenvalue weighted by molar-refractivity contribution is 0.0693. The van der Waals surface area contributed by atoms with Crippen molar-refractivity contribution >= 4 is 40.2 Å². The van der Waals surface area contributed by atoms with Crippen molar-refractivity contribution in [2.45, 2.75) is 0 Å². The summed E-state index contributed by atoms with van der Waals surface area (Å²) in [6.07, 6.45) is 0. The van der Waals surface area contributed by atoms with Gasteiger partial charge in [0, 0.05) is 11.3 Å². The number of carboxylic acid groups (broad SMARTS) is 1. The second-order valence-electron chi connectivity index (χ2n) is 7.77. The number of hydrogen-bond acceptors (Lipinski definition) is 5. The van der Waals surface area contributed by atoms with Gasteiger partial charge < -0.3 is 20.6 Å². The van der Waals surface area contributed by atoms with Gasteiger partial charge in [0.1, 0.15) is 28.6 Å². The lowest BCUT2D eigenvalue weighted by Gasteiger charge is -2.21. The first kappa shape index (κ1) is 25.4. The Morgan fingerprint density at radius 1 is 0.811 bits per heavy atom. The number of rotatable bonds is 7. The Labute approximate surface area is 212 Å². The van der Waals surface area contributed by atoms with Gasteiger partial charge in [0.15, 0.2) is 0 Å². The first-order valence-electron chi connectivity index (χ1n) is 10.6. The molecule has 4 aromatic rings. The maximum atomic E-state index is 13.3. The van der Waals surface area contributed by atoms with Crippen molar-refractivity contribution in [1.29, 1.82) is 0 Å². The number of carbonyl (C=O) groups is 2. The minimum Gasteiger partial charge on any atom is -0.507 e. The minimum absolute atomic E-state index is 0.0924. The second-order valence-corrected chi connectivity index (χ2v) is 8.60. The molecule has 4 aromatic carbocycles. The molecular weight excluding hydrogens is 503 g/mol. The summed E-state index contributed by atoms with van der Waals surface area (Å²) in [7, 11) is 0. The predicted molar refractivity (Wildman–Crippen MR) is 136 cm³/mol. The monoisotopic (exact) mass is 522 g/mol. The van der Waals surface area contributed by atoms with Crippen LogP contribution in [0.1, 0.15) is 20.7 Å². The predicted octanol–water partition coefficient (Wildman–Crippen LogP) is 5.13. The smallest absolute Gasteiger partial charge is 0.339 e. The third kappa shape index (κ3) is 5.58. The van der Waals surface area contributed by atoms with Crippen molar-refractivity contribution in [2.75, 3.05) is 9.62 Å². The molecule has 5 N–H and O–H groups in total. The van der Waals surface area contributed by atoms with Gasteiger partial charge in [-0.15, -0.1) is 0 Å². The van der Waals surface area contributed by atoms with E-state index in [1.807, 2.05) is 0 Å². The van der Waals surface area contributed by atoms with Gasteiger partial charge in [-0.25, -0.2) is 17.7 Å². The van der Waals surface area contributed by atoms with Gasteiger partial charge in [0.25, 0.3) is 17.2 Å². The number of nitrogens with one attached hydrogen (secondary N) is 1. The molecule has 1 unspecified atom stereocenters. The zero-order valence-electron chi connectivity index (χ0n) is 18.8. The quantitative estimate of drug-likeness (QED) is 0.167. The number of amides is 1. The number of hydrogen-bond donors (Lipinski definition) is 5. The highest BCUT2D eigenvalue weighted by Crippen LogP contribution is 2.36. The highest BCUT2D eigenvalue weighted by atomic mass is 32.2. The van der Waals surface area contributed by atoms with Crippen molar-refractivity contribution in [1.82, 2.24) is 0 Å². The summed E-state index contributed by atoms with van der Waals surface area (Å²) in [5, 5.41) is 31.9. The summed E-state index contributed by atoms with van der Waals surface area (Å²) in [4.78, 5) is 23.9. The molecule has 0 saturated heterocycles. The van der Waals surface area contributed by atoms with Crippen LogP contribution in [0.2, 0.25) is 0 Å². The molecule has 0 aliphatic rings. The first-order valence-corrected chi connectivity index (χ1v) is 11.7. The van der Waals surface area contributed by atoms with Gasteiger partial charge in [0.2, 0.25) is 0 Å². The van der Waals surface area contributed by atoms with Gasteiger partial charge >= 0.3 is 5.97 Å². The number of phenolic OH excluding ortho intramolecular Hbond substituents is 1. The molecule has 0 aromatic heterocycles. The fourth-order valence-corrected chi connectivity index (χ4v) is 4.18. The first-order chi connectivity index (χ1) is 17.6. The normalized spacial score (nSPS) is 11.5. The van der Waals surface area contributed by atoms with Crippen LogP contribution in [-0.4, -0.2) is 36.0 Å². The Balaban J connectivity index is 1.56. The van der Waals surface area contributed by atoms with E-state index in [9.17, 15) is 33.0 Å². The van der Waals surface area contributed by atoms with E-state index >= 15 is 0 Å². The highest BCUT2D eigenvalue weighted by molar-refractivity contribution is 7.81. The van der Waals surface area contributed by atoms with E-state index in [4.69, 9.17) is 5.11 Å². The average Bonchev–Trinajstić information content (AvgIpc) is 2.87. The molecule has 0 saturated carbocycles. The van der Waals surface area contributed by atoms with E-state index in [1.54, 1.807) is 12.1 Å². The van der Waals surface area contributed by atoms with Gasteiger partial charge in [0.05, 0.1) is 5.69 Å².